The third kappa shape index (κ3) is 4.26. The molecule has 0 unspecified atom stereocenters. The van der Waals surface area contributed by atoms with Crippen LogP contribution >= 0.6 is 11.8 Å². The molecule has 1 aromatic rings. The van der Waals surface area contributed by atoms with E-state index < -0.39 is 0 Å². The van der Waals surface area contributed by atoms with Gasteiger partial charge in [0.1, 0.15) is 0 Å². The Bertz CT molecular complexity index is 539. The fourth-order valence-electron chi connectivity index (χ4n) is 2.90. The predicted octanol–water partition coefficient (Wildman–Crippen LogP) is 2.91. The third-order valence-corrected chi connectivity index (χ3v) is 5.44. The van der Waals surface area contributed by atoms with Gasteiger partial charge in [-0.15, -0.1) is 11.8 Å². The molecule has 5 heteroatoms. The number of nitrogens with zero attached hydrogens (tertiary/aromatic N) is 1. The van der Waals surface area contributed by atoms with Crippen molar-refractivity contribution in [1.82, 2.24) is 4.90 Å². The number of carbonyl (C=O) groups excluding carboxylic acids is 2. The maximum Gasteiger partial charge on any atom is 0.254 e. The fourth-order valence-corrected chi connectivity index (χ4v) is 3.69. The molecule has 2 amide bonds. The van der Waals surface area contributed by atoms with E-state index in [-0.39, 0.29) is 17.6 Å². The van der Waals surface area contributed by atoms with Crippen LogP contribution in [0.5, 0.6) is 0 Å². The summed E-state index contributed by atoms with van der Waals surface area (Å²) >= 11 is 1.33. The van der Waals surface area contributed by atoms with E-state index in [2.05, 4.69) is 6.92 Å². The van der Waals surface area contributed by atoms with Crippen molar-refractivity contribution in [2.45, 2.75) is 43.5 Å². The molecule has 0 radical (unpaired) electrons. The second kappa shape index (κ2) is 7.68. The van der Waals surface area contributed by atoms with Gasteiger partial charge in [-0.1, -0.05) is 19.1 Å². The van der Waals surface area contributed by atoms with Crippen LogP contribution in [0.25, 0.3) is 0 Å². The molecule has 2 rings (SSSR count). The summed E-state index contributed by atoms with van der Waals surface area (Å²) in [5.74, 6) is 0.613. The van der Waals surface area contributed by atoms with Crippen molar-refractivity contribution >= 4 is 23.6 Å². The first-order chi connectivity index (χ1) is 10.5. The number of rotatable bonds is 5. The van der Waals surface area contributed by atoms with Gasteiger partial charge >= 0.3 is 0 Å². The number of hydrogen-bond donors (Lipinski definition) is 1. The smallest absolute Gasteiger partial charge is 0.254 e. The molecule has 1 saturated carbocycles. The lowest BCUT2D eigenvalue weighted by Gasteiger charge is -2.34. The minimum Gasteiger partial charge on any atom is -0.369 e. The van der Waals surface area contributed by atoms with Crippen molar-refractivity contribution < 1.29 is 9.59 Å². The molecular weight excluding hydrogens is 296 g/mol. The molecule has 0 saturated heterocycles. The third-order valence-electron chi connectivity index (χ3n) is 4.34. The average Bonchev–Trinajstić information content (AvgIpc) is 2.52. The van der Waals surface area contributed by atoms with Gasteiger partial charge in [-0.3, -0.25) is 9.59 Å². The molecule has 1 aliphatic rings. The van der Waals surface area contributed by atoms with E-state index in [0.717, 1.165) is 23.7 Å². The Hall–Kier alpha value is -1.49. The molecule has 4 nitrogen and oxygen atoms in total. The first-order valence-corrected chi connectivity index (χ1v) is 8.75. The molecule has 0 atom stereocenters. The van der Waals surface area contributed by atoms with Gasteiger partial charge in [-0.05, 0) is 43.7 Å². The molecule has 1 aliphatic carbocycles. The normalized spacial score (nSPS) is 21.4. The van der Waals surface area contributed by atoms with Gasteiger partial charge in [0.25, 0.3) is 5.91 Å². The summed E-state index contributed by atoms with van der Waals surface area (Å²) in [6, 6.07) is 7.75. The summed E-state index contributed by atoms with van der Waals surface area (Å²) < 4.78 is 0. The van der Waals surface area contributed by atoms with Crippen LogP contribution in [0.1, 0.15) is 43.0 Å². The Morgan fingerprint density at radius 2 is 1.86 bits per heavy atom. The Morgan fingerprint density at radius 1 is 1.23 bits per heavy atom. The van der Waals surface area contributed by atoms with E-state index >= 15 is 0 Å². The topological polar surface area (TPSA) is 63.4 Å². The van der Waals surface area contributed by atoms with Gasteiger partial charge in [0.15, 0.2) is 0 Å². The van der Waals surface area contributed by atoms with E-state index in [1.54, 1.807) is 0 Å². The number of primary amides is 1. The first-order valence-electron chi connectivity index (χ1n) is 7.76. The average molecular weight is 320 g/mol. The lowest BCUT2D eigenvalue weighted by atomic mass is 9.86. The van der Waals surface area contributed by atoms with Gasteiger partial charge in [-0.2, -0.15) is 0 Å². The highest BCUT2D eigenvalue weighted by atomic mass is 32.2. The first kappa shape index (κ1) is 16.9. The van der Waals surface area contributed by atoms with Gasteiger partial charge in [0.05, 0.1) is 11.3 Å². The SMILES string of the molecule is CC1CCC(N(C)C(=O)c2ccccc2SCC(N)=O)CC1. The molecule has 120 valence electrons. The van der Waals surface area contributed by atoms with E-state index in [1.165, 1.54) is 24.6 Å². The van der Waals surface area contributed by atoms with Crippen LogP contribution in [-0.2, 0) is 4.79 Å². The second-order valence-corrected chi connectivity index (χ2v) is 7.10. The Kier molecular flexibility index (Phi) is 5.89. The number of thioether (sulfide) groups is 1. The maximum atomic E-state index is 12.8. The molecular formula is C17H24N2O2S. The quantitative estimate of drug-likeness (QED) is 0.849. The maximum absolute atomic E-state index is 12.8. The molecule has 0 bridgehead atoms. The number of carbonyl (C=O) groups is 2. The van der Waals surface area contributed by atoms with Crippen LogP contribution in [0.4, 0.5) is 0 Å². The van der Waals surface area contributed by atoms with Crippen LogP contribution < -0.4 is 5.73 Å². The van der Waals surface area contributed by atoms with Crippen molar-refractivity contribution in [2.75, 3.05) is 12.8 Å². The Morgan fingerprint density at radius 3 is 2.50 bits per heavy atom. The minimum absolute atomic E-state index is 0.0344. The van der Waals surface area contributed by atoms with E-state index in [1.807, 2.05) is 36.2 Å². The van der Waals surface area contributed by atoms with Gasteiger partial charge in [0.2, 0.25) is 5.91 Å². The zero-order valence-electron chi connectivity index (χ0n) is 13.2. The van der Waals surface area contributed by atoms with Crippen molar-refractivity contribution in [3.63, 3.8) is 0 Å². The van der Waals surface area contributed by atoms with Crippen molar-refractivity contribution in [3.8, 4) is 0 Å². The molecule has 0 aliphatic heterocycles. The van der Waals surface area contributed by atoms with Crippen LogP contribution in [0, 0.1) is 5.92 Å². The minimum atomic E-state index is -0.373. The summed E-state index contributed by atoms with van der Waals surface area (Å²) in [6.07, 6.45) is 4.50. The highest BCUT2D eigenvalue weighted by molar-refractivity contribution is 8.00. The Balaban J connectivity index is 2.09. The Labute approximate surface area is 136 Å². The summed E-state index contributed by atoms with van der Waals surface area (Å²) in [5.41, 5.74) is 5.86. The van der Waals surface area contributed by atoms with E-state index in [0.29, 0.717) is 11.6 Å². The van der Waals surface area contributed by atoms with E-state index in [9.17, 15) is 9.59 Å². The van der Waals surface area contributed by atoms with Crippen molar-refractivity contribution in [3.05, 3.63) is 29.8 Å². The van der Waals surface area contributed by atoms with Crippen molar-refractivity contribution in [2.24, 2.45) is 11.7 Å². The highest BCUT2D eigenvalue weighted by Gasteiger charge is 2.26. The molecule has 1 aromatic carbocycles. The lowest BCUT2D eigenvalue weighted by molar-refractivity contribution is -0.115. The highest BCUT2D eigenvalue weighted by Crippen LogP contribution is 2.29. The summed E-state index contributed by atoms with van der Waals surface area (Å²) in [4.78, 5) is 26.5. The molecule has 2 N–H and O–H groups in total. The lowest BCUT2D eigenvalue weighted by Crippen LogP contribution is -2.39. The monoisotopic (exact) mass is 320 g/mol. The van der Waals surface area contributed by atoms with Crippen LogP contribution in [-0.4, -0.2) is 35.6 Å². The fraction of sp³-hybridized carbons (Fsp3) is 0.529. The van der Waals surface area contributed by atoms with Gasteiger partial charge in [0, 0.05) is 18.0 Å². The van der Waals surface area contributed by atoms with Crippen LogP contribution in [0.3, 0.4) is 0 Å². The summed E-state index contributed by atoms with van der Waals surface area (Å²) in [7, 11) is 1.89. The van der Waals surface area contributed by atoms with Gasteiger partial charge in [-0.25, -0.2) is 0 Å². The number of amides is 2. The van der Waals surface area contributed by atoms with Crippen molar-refractivity contribution in [1.29, 1.82) is 0 Å². The van der Waals surface area contributed by atoms with Gasteiger partial charge < -0.3 is 10.6 Å². The summed E-state index contributed by atoms with van der Waals surface area (Å²) in [6.45, 7) is 2.27. The molecule has 1 fully saturated rings. The van der Waals surface area contributed by atoms with Crippen LogP contribution in [0.2, 0.25) is 0 Å². The molecule has 0 spiro atoms. The molecule has 0 heterocycles. The zero-order valence-corrected chi connectivity index (χ0v) is 14.1. The standard InChI is InChI=1S/C17H24N2O2S/c1-12-7-9-13(10-8-12)19(2)17(21)14-5-3-4-6-15(14)22-11-16(18)20/h3-6,12-13H,7-11H2,1-2H3,(H2,18,20). The number of nitrogens with two attached hydrogens (primary N) is 1. The largest absolute Gasteiger partial charge is 0.369 e. The predicted molar refractivity (Wildman–Crippen MR) is 89.9 cm³/mol. The number of hydrogen-bond acceptors (Lipinski definition) is 3. The second-order valence-electron chi connectivity index (χ2n) is 6.08. The van der Waals surface area contributed by atoms with E-state index in [4.69, 9.17) is 5.73 Å². The zero-order chi connectivity index (χ0) is 16.1. The summed E-state index contributed by atoms with van der Waals surface area (Å²) in [5, 5.41) is 0. The molecule has 0 aromatic heterocycles. The molecule has 22 heavy (non-hydrogen) atoms. The van der Waals surface area contributed by atoms with Crippen LogP contribution in [0.15, 0.2) is 29.2 Å². The number of benzene rings is 1.